The maximum absolute atomic E-state index is 12.8. The molecule has 0 aliphatic heterocycles. The molecule has 1 N–H and O–H groups in total. The zero-order chi connectivity index (χ0) is 20.2. The quantitative estimate of drug-likeness (QED) is 0.755. The van der Waals surface area contributed by atoms with Gasteiger partial charge in [0.05, 0.1) is 28.3 Å². The topological polar surface area (TPSA) is 75.7 Å². The number of carbonyl (C=O) groups excluding carboxylic acids is 1. The lowest BCUT2D eigenvalue weighted by molar-refractivity contribution is 0.0939. The van der Waals surface area contributed by atoms with E-state index in [9.17, 15) is 13.2 Å². The molecule has 27 heavy (non-hydrogen) atoms. The predicted octanol–water partition coefficient (Wildman–Crippen LogP) is 3.70. The van der Waals surface area contributed by atoms with Gasteiger partial charge >= 0.3 is 0 Å². The summed E-state index contributed by atoms with van der Waals surface area (Å²) in [5, 5.41) is 3.02. The number of methoxy groups -OCH3 is 1. The zero-order valence-electron chi connectivity index (χ0n) is 15.7. The van der Waals surface area contributed by atoms with E-state index in [1.165, 1.54) is 38.4 Å². The van der Waals surface area contributed by atoms with Crippen LogP contribution in [0.1, 0.15) is 30.6 Å². The third kappa shape index (κ3) is 4.73. The highest BCUT2D eigenvalue weighted by molar-refractivity contribution is 7.92. The summed E-state index contributed by atoms with van der Waals surface area (Å²) in [5.41, 5.74) is 0.659. The SMILES string of the molecule is CCC(C)NC(=O)c1ccc(N(C)S(=O)(=O)c2ccc(OC)cc2)cc1Cl. The van der Waals surface area contributed by atoms with Gasteiger partial charge in [-0.1, -0.05) is 18.5 Å². The van der Waals surface area contributed by atoms with Gasteiger partial charge in [0.1, 0.15) is 5.75 Å². The van der Waals surface area contributed by atoms with Crippen molar-refractivity contribution in [3.63, 3.8) is 0 Å². The van der Waals surface area contributed by atoms with E-state index >= 15 is 0 Å². The van der Waals surface area contributed by atoms with Gasteiger partial charge in [0, 0.05) is 13.1 Å². The van der Waals surface area contributed by atoms with E-state index in [0.29, 0.717) is 17.0 Å². The van der Waals surface area contributed by atoms with Crippen LogP contribution < -0.4 is 14.4 Å². The molecule has 0 aromatic heterocycles. The van der Waals surface area contributed by atoms with Gasteiger partial charge in [0.2, 0.25) is 0 Å². The van der Waals surface area contributed by atoms with Crippen molar-refractivity contribution < 1.29 is 17.9 Å². The highest BCUT2D eigenvalue weighted by atomic mass is 35.5. The Labute approximate surface area is 165 Å². The first-order chi connectivity index (χ1) is 12.7. The number of hydrogen-bond acceptors (Lipinski definition) is 4. The van der Waals surface area contributed by atoms with Gasteiger partial charge in [-0.15, -0.1) is 0 Å². The molecule has 0 spiro atoms. The van der Waals surface area contributed by atoms with Crippen LogP contribution in [-0.4, -0.2) is 34.5 Å². The average molecular weight is 411 g/mol. The Hall–Kier alpha value is -2.25. The highest BCUT2D eigenvalue weighted by Gasteiger charge is 2.23. The Balaban J connectivity index is 2.29. The Morgan fingerprint density at radius 3 is 2.37 bits per heavy atom. The van der Waals surface area contributed by atoms with Gasteiger partial charge in [-0.05, 0) is 55.8 Å². The summed E-state index contributed by atoms with van der Waals surface area (Å²) in [6.45, 7) is 3.87. The molecule has 0 fully saturated rings. The summed E-state index contributed by atoms with van der Waals surface area (Å²) in [6, 6.07) is 10.7. The molecule has 0 bridgehead atoms. The molecule has 0 heterocycles. The number of amides is 1. The van der Waals surface area contributed by atoms with Crippen LogP contribution in [0.3, 0.4) is 0 Å². The first-order valence-corrected chi connectivity index (χ1v) is 10.3. The predicted molar refractivity (Wildman–Crippen MR) is 107 cm³/mol. The van der Waals surface area contributed by atoms with Crippen molar-refractivity contribution in [1.82, 2.24) is 5.32 Å². The number of nitrogens with one attached hydrogen (secondary N) is 1. The molecule has 2 aromatic rings. The number of anilines is 1. The van der Waals surface area contributed by atoms with E-state index in [-0.39, 0.29) is 21.9 Å². The Kier molecular flexibility index (Phi) is 6.73. The molecule has 0 aliphatic rings. The van der Waals surface area contributed by atoms with E-state index in [4.69, 9.17) is 16.3 Å². The molecule has 2 aromatic carbocycles. The normalized spacial score (nSPS) is 12.3. The van der Waals surface area contributed by atoms with E-state index in [2.05, 4.69) is 5.32 Å². The third-order valence-corrected chi connectivity index (χ3v) is 6.38. The maximum Gasteiger partial charge on any atom is 0.264 e. The number of sulfonamides is 1. The minimum atomic E-state index is -3.77. The molecule has 0 saturated heterocycles. The van der Waals surface area contributed by atoms with Gasteiger partial charge in [0.15, 0.2) is 0 Å². The molecule has 8 heteroatoms. The molecule has 1 amide bonds. The van der Waals surface area contributed by atoms with Crippen LogP contribution in [0.4, 0.5) is 5.69 Å². The first kappa shape index (κ1) is 21.1. The van der Waals surface area contributed by atoms with Gasteiger partial charge in [-0.2, -0.15) is 0 Å². The Morgan fingerprint density at radius 2 is 1.85 bits per heavy atom. The van der Waals surface area contributed by atoms with Gasteiger partial charge in [0.25, 0.3) is 15.9 Å². The molecule has 1 atom stereocenters. The van der Waals surface area contributed by atoms with Gasteiger partial charge < -0.3 is 10.1 Å². The van der Waals surface area contributed by atoms with Crippen LogP contribution in [0.5, 0.6) is 5.75 Å². The van der Waals surface area contributed by atoms with Crippen LogP contribution in [0.25, 0.3) is 0 Å². The van der Waals surface area contributed by atoms with Crippen molar-refractivity contribution in [3.8, 4) is 5.75 Å². The fraction of sp³-hybridized carbons (Fsp3) is 0.316. The second-order valence-corrected chi connectivity index (χ2v) is 8.47. The van der Waals surface area contributed by atoms with E-state index in [0.717, 1.165) is 10.7 Å². The number of benzene rings is 2. The van der Waals surface area contributed by atoms with Crippen molar-refractivity contribution in [2.24, 2.45) is 0 Å². The minimum absolute atomic E-state index is 0.0198. The zero-order valence-corrected chi connectivity index (χ0v) is 17.3. The molecular formula is C19H23ClN2O4S. The minimum Gasteiger partial charge on any atom is -0.497 e. The van der Waals surface area contributed by atoms with Gasteiger partial charge in [-0.3, -0.25) is 9.10 Å². The lowest BCUT2D eigenvalue weighted by atomic mass is 10.1. The fourth-order valence-corrected chi connectivity index (χ4v) is 3.78. The second kappa shape index (κ2) is 8.63. The van der Waals surface area contributed by atoms with Crippen LogP contribution in [0.15, 0.2) is 47.4 Å². The van der Waals surface area contributed by atoms with E-state index < -0.39 is 10.0 Å². The molecule has 2 rings (SSSR count). The highest BCUT2D eigenvalue weighted by Crippen LogP contribution is 2.28. The number of hydrogen-bond donors (Lipinski definition) is 1. The van der Waals surface area contributed by atoms with Crippen molar-refractivity contribution in [1.29, 1.82) is 0 Å². The van der Waals surface area contributed by atoms with Crippen molar-refractivity contribution >= 4 is 33.2 Å². The summed E-state index contributed by atoms with van der Waals surface area (Å²) in [6.07, 6.45) is 0.796. The summed E-state index contributed by atoms with van der Waals surface area (Å²) in [7, 11) is -0.826. The van der Waals surface area contributed by atoms with Crippen LogP contribution >= 0.6 is 11.6 Å². The molecule has 1 unspecified atom stereocenters. The monoisotopic (exact) mass is 410 g/mol. The van der Waals surface area contributed by atoms with Crippen molar-refractivity contribution in [2.75, 3.05) is 18.5 Å². The van der Waals surface area contributed by atoms with Crippen molar-refractivity contribution in [3.05, 3.63) is 53.1 Å². The second-order valence-electron chi connectivity index (χ2n) is 6.09. The summed E-state index contributed by atoms with van der Waals surface area (Å²) in [5.74, 6) is 0.276. The summed E-state index contributed by atoms with van der Waals surface area (Å²) < 4.78 is 31.8. The van der Waals surface area contributed by atoms with Crippen LogP contribution in [-0.2, 0) is 10.0 Å². The Bertz CT molecular complexity index is 914. The van der Waals surface area contributed by atoms with E-state index in [1.807, 2.05) is 13.8 Å². The number of ether oxygens (including phenoxy) is 1. The number of nitrogens with zero attached hydrogens (tertiary/aromatic N) is 1. The molecule has 0 aliphatic carbocycles. The Morgan fingerprint density at radius 1 is 1.22 bits per heavy atom. The third-order valence-electron chi connectivity index (χ3n) is 4.27. The maximum atomic E-state index is 12.8. The summed E-state index contributed by atoms with van der Waals surface area (Å²) >= 11 is 6.23. The average Bonchev–Trinajstić information content (AvgIpc) is 2.66. The largest absolute Gasteiger partial charge is 0.497 e. The standard InChI is InChI=1S/C19H23ClN2O4S/c1-5-13(2)21-19(23)17-11-6-14(12-18(17)20)22(3)27(24,25)16-9-7-15(26-4)8-10-16/h6-13H,5H2,1-4H3,(H,21,23). The lowest BCUT2D eigenvalue weighted by Crippen LogP contribution is -2.32. The number of rotatable bonds is 7. The lowest BCUT2D eigenvalue weighted by Gasteiger charge is -2.20. The number of carbonyl (C=O) groups is 1. The summed E-state index contributed by atoms with van der Waals surface area (Å²) in [4.78, 5) is 12.4. The van der Waals surface area contributed by atoms with Crippen LogP contribution in [0, 0.1) is 0 Å². The van der Waals surface area contributed by atoms with Crippen molar-refractivity contribution in [2.45, 2.75) is 31.2 Å². The van der Waals surface area contributed by atoms with E-state index in [1.54, 1.807) is 18.2 Å². The molecule has 6 nitrogen and oxygen atoms in total. The first-order valence-electron chi connectivity index (χ1n) is 8.44. The molecular weight excluding hydrogens is 388 g/mol. The molecule has 0 radical (unpaired) electrons. The molecule has 146 valence electrons. The van der Waals surface area contributed by atoms with Crippen LogP contribution in [0.2, 0.25) is 5.02 Å². The fourth-order valence-electron chi connectivity index (χ4n) is 2.33. The van der Waals surface area contributed by atoms with Gasteiger partial charge in [-0.25, -0.2) is 8.42 Å². The number of halogens is 1. The smallest absolute Gasteiger partial charge is 0.264 e. The molecule has 0 saturated carbocycles.